The molecule has 0 aliphatic rings. The number of nitrogens with zero attached hydrogens (tertiary/aromatic N) is 1. The number of anilines is 1. The Morgan fingerprint density at radius 1 is 1.17 bits per heavy atom. The smallest absolute Gasteiger partial charge is 0.0762 e. The Kier molecular flexibility index (Phi) is 5.67. The van der Waals surface area contributed by atoms with Crippen LogP contribution in [-0.4, -0.2) is 17.7 Å². The Bertz CT molecular complexity index is 388. The summed E-state index contributed by atoms with van der Waals surface area (Å²) in [7, 11) is 0. The molecule has 1 N–H and O–H groups in total. The van der Waals surface area contributed by atoms with Gasteiger partial charge in [-0.1, -0.05) is 19.9 Å². The molecular formula is C15H24BrNO. The van der Waals surface area contributed by atoms with Gasteiger partial charge in [0.1, 0.15) is 0 Å². The van der Waals surface area contributed by atoms with Gasteiger partial charge in [-0.2, -0.15) is 0 Å². The number of benzene rings is 1. The Balaban J connectivity index is 3.05. The summed E-state index contributed by atoms with van der Waals surface area (Å²) in [6.45, 7) is 11.7. The molecule has 0 unspecified atom stereocenters. The minimum atomic E-state index is -0.423. The van der Waals surface area contributed by atoms with Crippen LogP contribution in [0, 0.1) is 5.92 Å². The predicted molar refractivity (Wildman–Crippen MR) is 82.1 cm³/mol. The maximum absolute atomic E-state index is 9.60. The average Bonchev–Trinajstić information content (AvgIpc) is 2.25. The van der Waals surface area contributed by atoms with Crippen LogP contribution in [0.5, 0.6) is 0 Å². The summed E-state index contributed by atoms with van der Waals surface area (Å²) in [6, 6.07) is 6.56. The van der Waals surface area contributed by atoms with Gasteiger partial charge in [-0.05, 0) is 60.3 Å². The minimum absolute atomic E-state index is 0.423. The monoisotopic (exact) mass is 313 g/mol. The van der Waals surface area contributed by atoms with E-state index in [4.69, 9.17) is 0 Å². The summed E-state index contributed by atoms with van der Waals surface area (Å²) in [5.41, 5.74) is 2.14. The molecule has 3 heteroatoms. The summed E-state index contributed by atoms with van der Waals surface area (Å²) in [5, 5.41) is 9.60. The van der Waals surface area contributed by atoms with Crippen molar-refractivity contribution in [3.63, 3.8) is 0 Å². The van der Waals surface area contributed by atoms with Gasteiger partial charge in [0, 0.05) is 17.1 Å². The summed E-state index contributed by atoms with van der Waals surface area (Å²) in [6.07, 6.45) is -0.423. The number of hydrogen-bond acceptors (Lipinski definition) is 2. The lowest BCUT2D eigenvalue weighted by Gasteiger charge is -2.32. The van der Waals surface area contributed by atoms with Crippen LogP contribution in [0.25, 0.3) is 0 Å². The first-order chi connectivity index (χ1) is 8.32. The van der Waals surface area contributed by atoms with Crippen LogP contribution >= 0.6 is 15.9 Å². The molecule has 0 aliphatic carbocycles. The first-order valence-corrected chi connectivity index (χ1v) is 7.36. The summed E-state index contributed by atoms with van der Waals surface area (Å²) < 4.78 is 1.05. The van der Waals surface area contributed by atoms with E-state index in [9.17, 15) is 5.11 Å². The lowest BCUT2D eigenvalue weighted by Crippen LogP contribution is -2.34. The number of hydrogen-bond donors (Lipinski definition) is 1. The van der Waals surface area contributed by atoms with Crippen LogP contribution in [0.2, 0.25) is 0 Å². The molecule has 1 aromatic rings. The Labute approximate surface area is 119 Å². The molecule has 0 aliphatic heterocycles. The first-order valence-electron chi connectivity index (χ1n) is 6.57. The van der Waals surface area contributed by atoms with Gasteiger partial charge < -0.3 is 10.0 Å². The summed E-state index contributed by atoms with van der Waals surface area (Å²) in [4.78, 5) is 2.39. The van der Waals surface area contributed by atoms with Crippen molar-refractivity contribution in [2.45, 2.75) is 46.8 Å². The molecule has 1 rings (SSSR count). The van der Waals surface area contributed by atoms with Crippen LogP contribution in [0.3, 0.4) is 0 Å². The molecule has 1 aromatic carbocycles. The summed E-state index contributed by atoms with van der Waals surface area (Å²) in [5.74, 6) is 0.621. The van der Waals surface area contributed by atoms with E-state index in [1.54, 1.807) is 6.92 Å². The molecule has 0 amide bonds. The van der Waals surface area contributed by atoms with Crippen LogP contribution in [0.1, 0.15) is 46.3 Å². The molecule has 102 valence electrons. The zero-order valence-electron chi connectivity index (χ0n) is 11.9. The van der Waals surface area contributed by atoms with Crippen LogP contribution in [0.15, 0.2) is 22.7 Å². The van der Waals surface area contributed by atoms with Crippen molar-refractivity contribution in [3.8, 4) is 0 Å². The zero-order valence-corrected chi connectivity index (χ0v) is 13.5. The highest BCUT2D eigenvalue weighted by molar-refractivity contribution is 9.10. The third-order valence-corrected chi connectivity index (χ3v) is 3.58. The number of aliphatic hydroxyl groups is 1. The second kappa shape index (κ2) is 6.58. The molecule has 0 bridgehead atoms. The molecule has 1 atom stereocenters. The van der Waals surface area contributed by atoms with Crippen molar-refractivity contribution in [2.24, 2.45) is 5.92 Å². The molecule has 18 heavy (non-hydrogen) atoms. The normalized spacial score (nSPS) is 13.2. The molecular weight excluding hydrogens is 290 g/mol. The molecule has 0 heterocycles. The second-order valence-electron chi connectivity index (χ2n) is 5.53. The third-order valence-electron chi connectivity index (χ3n) is 2.95. The van der Waals surface area contributed by atoms with E-state index in [0.29, 0.717) is 12.0 Å². The van der Waals surface area contributed by atoms with E-state index in [1.165, 1.54) is 5.69 Å². The van der Waals surface area contributed by atoms with E-state index in [2.05, 4.69) is 54.6 Å². The predicted octanol–water partition coefficient (Wildman–Crippen LogP) is 4.37. The highest BCUT2D eigenvalue weighted by atomic mass is 79.9. The van der Waals surface area contributed by atoms with Crippen molar-refractivity contribution >= 4 is 21.6 Å². The van der Waals surface area contributed by atoms with Gasteiger partial charge >= 0.3 is 0 Å². The fraction of sp³-hybridized carbons (Fsp3) is 0.600. The topological polar surface area (TPSA) is 23.5 Å². The molecule has 0 saturated carbocycles. The lowest BCUT2D eigenvalue weighted by molar-refractivity contribution is 0.199. The first kappa shape index (κ1) is 15.5. The van der Waals surface area contributed by atoms with Gasteiger partial charge in [-0.3, -0.25) is 0 Å². The van der Waals surface area contributed by atoms with Gasteiger partial charge in [-0.15, -0.1) is 0 Å². The molecule has 0 saturated heterocycles. The standard InChI is InChI=1S/C15H24BrNO/c1-10(2)9-17(11(3)4)15-7-6-13(12(5)18)8-14(15)16/h6-8,10-12,18H,9H2,1-5H3/t12-/m1/s1. The number of aliphatic hydroxyl groups excluding tert-OH is 1. The van der Waals surface area contributed by atoms with Gasteiger partial charge in [-0.25, -0.2) is 0 Å². The van der Waals surface area contributed by atoms with E-state index < -0.39 is 6.10 Å². The fourth-order valence-corrected chi connectivity index (χ4v) is 2.62. The average molecular weight is 314 g/mol. The van der Waals surface area contributed by atoms with Gasteiger partial charge in [0.25, 0.3) is 0 Å². The lowest BCUT2D eigenvalue weighted by atomic mass is 10.1. The quantitative estimate of drug-likeness (QED) is 0.872. The van der Waals surface area contributed by atoms with E-state index in [-0.39, 0.29) is 0 Å². The van der Waals surface area contributed by atoms with E-state index in [1.807, 2.05) is 12.1 Å². The number of rotatable bonds is 5. The maximum Gasteiger partial charge on any atom is 0.0762 e. The van der Waals surface area contributed by atoms with Crippen LogP contribution in [-0.2, 0) is 0 Å². The SMILES string of the molecule is CC(C)CN(c1ccc([C@@H](C)O)cc1Br)C(C)C. The van der Waals surface area contributed by atoms with Crippen molar-refractivity contribution in [3.05, 3.63) is 28.2 Å². The van der Waals surface area contributed by atoms with E-state index in [0.717, 1.165) is 16.6 Å². The second-order valence-corrected chi connectivity index (χ2v) is 6.38. The van der Waals surface area contributed by atoms with Crippen LogP contribution in [0.4, 0.5) is 5.69 Å². The van der Waals surface area contributed by atoms with E-state index >= 15 is 0 Å². The largest absolute Gasteiger partial charge is 0.389 e. The third kappa shape index (κ3) is 3.99. The van der Waals surface area contributed by atoms with Crippen molar-refractivity contribution in [2.75, 3.05) is 11.4 Å². The highest BCUT2D eigenvalue weighted by Crippen LogP contribution is 2.31. The number of halogens is 1. The van der Waals surface area contributed by atoms with Gasteiger partial charge in [0.05, 0.1) is 11.8 Å². The Hall–Kier alpha value is -0.540. The highest BCUT2D eigenvalue weighted by Gasteiger charge is 2.15. The van der Waals surface area contributed by atoms with Gasteiger partial charge in [0.15, 0.2) is 0 Å². The molecule has 0 spiro atoms. The zero-order chi connectivity index (χ0) is 13.9. The molecule has 2 nitrogen and oxygen atoms in total. The van der Waals surface area contributed by atoms with Crippen molar-refractivity contribution in [1.29, 1.82) is 0 Å². The van der Waals surface area contributed by atoms with Gasteiger partial charge in [0.2, 0.25) is 0 Å². The Morgan fingerprint density at radius 2 is 1.78 bits per heavy atom. The minimum Gasteiger partial charge on any atom is -0.389 e. The fourth-order valence-electron chi connectivity index (χ4n) is 2.00. The molecule has 0 radical (unpaired) electrons. The summed E-state index contributed by atoms with van der Waals surface area (Å²) >= 11 is 3.62. The van der Waals surface area contributed by atoms with Crippen molar-refractivity contribution < 1.29 is 5.11 Å². The van der Waals surface area contributed by atoms with Crippen molar-refractivity contribution in [1.82, 2.24) is 0 Å². The molecule has 0 aromatic heterocycles. The van der Waals surface area contributed by atoms with Crippen LogP contribution < -0.4 is 4.90 Å². The maximum atomic E-state index is 9.60. The Morgan fingerprint density at radius 3 is 2.17 bits per heavy atom. The molecule has 0 fully saturated rings.